The number of nitrogens with two attached hydrogens (primary N) is 1. The van der Waals surface area contributed by atoms with Gasteiger partial charge in [-0.15, -0.1) is 12.4 Å². The zero-order valence-corrected chi connectivity index (χ0v) is 17.6. The topological polar surface area (TPSA) is 115 Å². The molecule has 1 aromatic rings. The Hall–Kier alpha value is -2.06. The summed E-state index contributed by atoms with van der Waals surface area (Å²) in [5.41, 5.74) is 5.76. The Balaban J connectivity index is 0.00000300. The Kier molecular flexibility index (Phi) is 8.52. The maximum absolute atomic E-state index is 12.9. The average Bonchev–Trinajstić information content (AvgIpc) is 3.41. The largest absolute Gasteiger partial charge is 0.376 e. The molecule has 3 atom stereocenters. The molecule has 0 radical (unpaired) electrons. The Bertz CT molecular complexity index is 719. The molecular weight excluding hydrogens is 396 g/mol. The van der Waals surface area contributed by atoms with Gasteiger partial charge in [-0.3, -0.25) is 14.4 Å². The third kappa shape index (κ3) is 6.21. The van der Waals surface area contributed by atoms with E-state index in [1.54, 1.807) is 0 Å². The fourth-order valence-electron chi connectivity index (χ4n) is 3.82. The van der Waals surface area contributed by atoms with Gasteiger partial charge in [0.2, 0.25) is 11.8 Å². The van der Waals surface area contributed by atoms with Crippen molar-refractivity contribution in [1.29, 1.82) is 0 Å². The lowest BCUT2D eigenvalue weighted by Gasteiger charge is -2.36. The molecule has 9 heteroatoms. The molecule has 2 saturated carbocycles. The van der Waals surface area contributed by atoms with Gasteiger partial charge in [0.05, 0.1) is 18.7 Å². The number of nitrogens with one attached hydrogen (secondary N) is 2. The van der Waals surface area contributed by atoms with Gasteiger partial charge < -0.3 is 25.7 Å². The van der Waals surface area contributed by atoms with Crippen molar-refractivity contribution in [3.8, 4) is 0 Å². The van der Waals surface area contributed by atoms with Crippen LogP contribution < -0.4 is 16.4 Å². The third-order valence-electron chi connectivity index (χ3n) is 5.40. The molecule has 0 saturated heterocycles. The molecule has 29 heavy (non-hydrogen) atoms. The van der Waals surface area contributed by atoms with Gasteiger partial charge in [0, 0.05) is 24.8 Å². The van der Waals surface area contributed by atoms with Crippen LogP contribution >= 0.6 is 12.4 Å². The van der Waals surface area contributed by atoms with Crippen molar-refractivity contribution in [2.45, 2.75) is 63.6 Å². The van der Waals surface area contributed by atoms with Gasteiger partial charge in [-0.25, -0.2) is 0 Å². The zero-order valence-electron chi connectivity index (χ0n) is 16.8. The molecule has 0 aliphatic heterocycles. The van der Waals surface area contributed by atoms with Gasteiger partial charge in [0.25, 0.3) is 5.91 Å². The summed E-state index contributed by atoms with van der Waals surface area (Å²) < 4.78 is 7.98. The third-order valence-corrected chi connectivity index (χ3v) is 5.40. The van der Waals surface area contributed by atoms with Crippen molar-refractivity contribution >= 4 is 30.1 Å². The average molecular weight is 427 g/mol. The quantitative estimate of drug-likeness (QED) is 0.555. The van der Waals surface area contributed by atoms with Crippen molar-refractivity contribution in [2.24, 2.45) is 11.7 Å². The first-order chi connectivity index (χ1) is 13.5. The summed E-state index contributed by atoms with van der Waals surface area (Å²) in [6.07, 6.45) is 6.74. The Morgan fingerprint density at radius 2 is 2.00 bits per heavy atom. The van der Waals surface area contributed by atoms with Gasteiger partial charge in [0.15, 0.2) is 0 Å². The summed E-state index contributed by atoms with van der Waals surface area (Å²) in [7, 11) is 0. The summed E-state index contributed by atoms with van der Waals surface area (Å²) in [6.45, 7) is 2.49. The second-order valence-corrected chi connectivity index (χ2v) is 7.72. The highest BCUT2D eigenvalue weighted by molar-refractivity contribution is 5.93. The lowest BCUT2D eigenvalue weighted by molar-refractivity contribution is -0.129. The summed E-state index contributed by atoms with van der Waals surface area (Å²) in [4.78, 5) is 36.2. The number of nitrogens with zero attached hydrogens (tertiary/aromatic N) is 1. The van der Waals surface area contributed by atoms with Crippen molar-refractivity contribution < 1.29 is 19.1 Å². The molecule has 162 valence electrons. The first-order valence-corrected chi connectivity index (χ1v) is 10.1. The van der Waals surface area contributed by atoms with E-state index >= 15 is 0 Å². The maximum Gasteiger partial charge on any atom is 0.268 e. The van der Waals surface area contributed by atoms with Crippen molar-refractivity contribution in [2.75, 3.05) is 13.2 Å². The molecular formula is C20H31ClN4O4. The Labute approximate surface area is 177 Å². The van der Waals surface area contributed by atoms with E-state index in [-0.39, 0.29) is 48.8 Å². The minimum atomic E-state index is -0.570. The summed E-state index contributed by atoms with van der Waals surface area (Å²) in [5.74, 6) is -1.18. The number of primary amides is 1. The first-order valence-electron chi connectivity index (χ1n) is 10.1. The predicted molar refractivity (Wildman–Crippen MR) is 111 cm³/mol. The molecule has 1 aromatic heterocycles. The number of rotatable bonds is 9. The molecule has 0 bridgehead atoms. The van der Waals surface area contributed by atoms with E-state index in [0.717, 1.165) is 19.3 Å². The van der Waals surface area contributed by atoms with Crippen LogP contribution in [0.5, 0.6) is 0 Å². The summed E-state index contributed by atoms with van der Waals surface area (Å²) in [5, 5.41) is 5.67. The van der Waals surface area contributed by atoms with Gasteiger partial charge in [0.1, 0.15) is 5.69 Å². The fourth-order valence-corrected chi connectivity index (χ4v) is 3.82. The zero-order chi connectivity index (χ0) is 20.1. The highest BCUT2D eigenvalue weighted by Gasteiger charge is 2.36. The maximum atomic E-state index is 12.9. The van der Waals surface area contributed by atoms with Crippen molar-refractivity contribution in [1.82, 2.24) is 15.2 Å². The molecule has 2 fully saturated rings. The van der Waals surface area contributed by atoms with Crippen LogP contribution in [0.3, 0.4) is 0 Å². The molecule has 3 rings (SSSR count). The Morgan fingerprint density at radius 1 is 1.24 bits per heavy atom. The van der Waals surface area contributed by atoms with E-state index in [2.05, 4.69) is 10.6 Å². The summed E-state index contributed by atoms with van der Waals surface area (Å²) in [6, 6.07) is 3.88. The van der Waals surface area contributed by atoms with Crippen molar-refractivity contribution in [3.05, 3.63) is 24.0 Å². The lowest BCUT2D eigenvalue weighted by Crippen LogP contribution is -2.51. The van der Waals surface area contributed by atoms with Gasteiger partial charge in [-0.05, 0) is 50.7 Å². The number of aromatic nitrogens is 1. The molecule has 3 amide bonds. The number of hydrogen-bond donors (Lipinski definition) is 3. The molecule has 2 aliphatic carbocycles. The molecule has 1 heterocycles. The summed E-state index contributed by atoms with van der Waals surface area (Å²) >= 11 is 0. The standard InChI is InChI=1S/C20H30N4O4.ClH/c1-2-10-28-17-8-5-13(19(26)22-12-18(21)25)11-15(17)23-20(27)16-4-3-9-24(16)14-6-7-14;/h3-4,9,13-15,17H,2,5-8,10-12H2,1H3,(H2,21,25)(H,22,26)(H,23,27);1H/t13-,15+,17+;/m0./s1. The van der Waals surface area contributed by atoms with Gasteiger partial charge in [-0.2, -0.15) is 0 Å². The molecule has 4 N–H and O–H groups in total. The Morgan fingerprint density at radius 3 is 2.66 bits per heavy atom. The normalized spacial score (nSPS) is 23.7. The van der Waals surface area contributed by atoms with Gasteiger partial charge in [-0.1, -0.05) is 6.92 Å². The number of hydrogen-bond acceptors (Lipinski definition) is 4. The van der Waals surface area contributed by atoms with E-state index in [1.165, 1.54) is 0 Å². The van der Waals surface area contributed by atoms with Crippen LogP contribution in [-0.4, -0.2) is 47.6 Å². The van der Waals surface area contributed by atoms with E-state index in [1.807, 2.05) is 29.8 Å². The van der Waals surface area contributed by atoms with Crippen LogP contribution in [0.1, 0.15) is 62.0 Å². The second-order valence-electron chi connectivity index (χ2n) is 7.72. The number of amides is 3. The SMILES string of the molecule is CCCO[C@@H]1CC[C@H](C(=O)NCC(N)=O)C[C@H]1NC(=O)c1cccn1C1CC1.Cl. The first kappa shape index (κ1) is 23.2. The minimum Gasteiger partial charge on any atom is -0.376 e. The highest BCUT2D eigenvalue weighted by Crippen LogP contribution is 2.36. The smallest absolute Gasteiger partial charge is 0.268 e. The monoisotopic (exact) mass is 426 g/mol. The molecule has 0 unspecified atom stereocenters. The number of carbonyl (C=O) groups is 3. The van der Waals surface area contributed by atoms with Gasteiger partial charge >= 0.3 is 0 Å². The van der Waals surface area contributed by atoms with Crippen LogP contribution in [0.2, 0.25) is 0 Å². The molecule has 0 aromatic carbocycles. The number of ether oxygens (including phenoxy) is 1. The number of halogens is 1. The molecule has 8 nitrogen and oxygen atoms in total. The molecule has 0 spiro atoms. The fraction of sp³-hybridized carbons (Fsp3) is 0.650. The molecule has 2 aliphatic rings. The number of carbonyl (C=O) groups excluding carboxylic acids is 3. The van der Waals surface area contributed by atoms with Crippen LogP contribution in [-0.2, 0) is 14.3 Å². The minimum absolute atomic E-state index is 0. The van der Waals surface area contributed by atoms with Crippen molar-refractivity contribution in [3.63, 3.8) is 0 Å². The van der Waals surface area contributed by atoms with E-state index in [4.69, 9.17) is 10.5 Å². The predicted octanol–water partition coefficient (Wildman–Crippen LogP) is 1.54. The second kappa shape index (κ2) is 10.6. The van der Waals surface area contributed by atoms with E-state index in [9.17, 15) is 14.4 Å². The van der Waals surface area contributed by atoms with Crippen LogP contribution in [0.25, 0.3) is 0 Å². The highest BCUT2D eigenvalue weighted by atomic mass is 35.5. The van der Waals surface area contributed by atoms with Crippen LogP contribution in [0.15, 0.2) is 18.3 Å². The van der Waals surface area contributed by atoms with Crippen LogP contribution in [0.4, 0.5) is 0 Å². The van der Waals surface area contributed by atoms with E-state index < -0.39 is 5.91 Å². The van der Waals surface area contributed by atoms with Crippen LogP contribution in [0, 0.1) is 5.92 Å². The van der Waals surface area contributed by atoms with E-state index in [0.29, 0.717) is 37.6 Å². The lowest BCUT2D eigenvalue weighted by atomic mass is 9.83.